The van der Waals surface area contributed by atoms with Crippen molar-refractivity contribution < 1.29 is 9.47 Å². The fraction of sp³-hybridized carbons (Fsp3) is 0.400. The molecule has 4 heteroatoms. The molecule has 0 unspecified atom stereocenters. The number of aromatic nitrogens is 1. The third-order valence-corrected chi connectivity index (χ3v) is 3.34. The van der Waals surface area contributed by atoms with Gasteiger partial charge in [-0.2, -0.15) is 0 Å². The zero-order valence-corrected chi connectivity index (χ0v) is 11.6. The number of nitrogen functional groups attached to an aromatic ring is 1. The molecule has 0 aliphatic carbocycles. The zero-order chi connectivity index (χ0) is 13.9. The van der Waals surface area contributed by atoms with Gasteiger partial charge in [-0.3, -0.25) is 4.98 Å². The van der Waals surface area contributed by atoms with E-state index in [4.69, 9.17) is 15.2 Å². The Morgan fingerprint density at radius 2 is 2.05 bits per heavy atom. The van der Waals surface area contributed by atoms with Gasteiger partial charge in [0.05, 0.1) is 17.9 Å². The molecule has 0 aliphatic heterocycles. The summed E-state index contributed by atoms with van der Waals surface area (Å²) in [5.41, 5.74) is 6.59. The summed E-state index contributed by atoms with van der Waals surface area (Å²) in [6.45, 7) is 4.64. The van der Waals surface area contributed by atoms with Crippen molar-refractivity contribution in [1.29, 1.82) is 0 Å². The van der Waals surface area contributed by atoms with E-state index in [-0.39, 0.29) is 5.60 Å². The molecule has 4 nitrogen and oxygen atoms in total. The third-order valence-electron chi connectivity index (χ3n) is 3.34. The van der Waals surface area contributed by atoms with Gasteiger partial charge in [0, 0.05) is 36.7 Å². The van der Waals surface area contributed by atoms with Gasteiger partial charge in [0.25, 0.3) is 0 Å². The van der Waals surface area contributed by atoms with Gasteiger partial charge in [-0.1, -0.05) is 0 Å². The topological polar surface area (TPSA) is 57.4 Å². The van der Waals surface area contributed by atoms with E-state index < -0.39 is 0 Å². The molecular formula is C15H20N2O2. The first-order valence-corrected chi connectivity index (χ1v) is 6.34. The lowest BCUT2D eigenvalue weighted by atomic mass is 10.1. The van der Waals surface area contributed by atoms with Gasteiger partial charge in [-0.25, -0.2) is 0 Å². The van der Waals surface area contributed by atoms with Gasteiger partial charge in [-0.15, -0.1) is 0 Å². The van der Waals surface area contributed by atoms with E-state index in [1.165, 1.54) is 0 Å². The summed E-state index contributed by atoms with van der Waals surface area (Å²) in [4.78, 5) is 4.08. The summed E-state index contributed by atoms with van der Waals surface area (Å²) >= 11 is 0. The van der Waals surface area contributed by atoms with E-state index in [1.807, 2.05) is 32.0 Å². The van der Waals surface area contributed by atoms with Gasteiger partial charge < -0.3 is 15.2 Å². The number of anilines is 1. The second-order valence-corrected chi connectivity index (χ2v) is 5.14. The van der Waals surface area contributed by atoms with Gasteiger partial charge in [0.15, 0.2) is 0 Å². The van der Waals surface area contributed by atoms with Crippen LogP contribution in [0.4, 0.5) is 5.69 Å². The van der Waals surface area contributed by atoms with E-state index in [0.29, 0.717) is 18.0 Å². The summed E-state index contributed by atoms with van der Waals surface area (Å²) in [7, 11) is 1.71. The molecule has 0 saturated carbocycles. The number of hydrogen-bond donors (Lipinski definition) is 1. The fourth-order valence-corrected chi connectivity index (χ4v) is 1.81. The van der Waals surface area contributed by atoms with Crippen molar-refractivity contribution in [2.75, 3.05) is 19.5 Å². The number of benzene rings is 1. The van der Waals surface area contributed by atoms with Crippen LogP contribution in [-0.4, -0.2) is 24.3 Å². The van der Waals surface area contributed by atoms with Crippen LogP contribution in [0, 0.1) is 0 Å². The number of fused-ring (bicyclic) bond motifs is 1. The summed E-state index contributed by atoms with van der Waals surface area (Å²) < 4.78 is 11.1. The second kappa shape index (κ2) is 5.45. The van der Waals surface area contributed by atoms with Gasteiger partial charge in [0.2, 0.25) is 0 Å². The molecule has 1 aromatic carbocycles. The SMILES string of the molecule is COC(C)(C)CCOc1ccc2cnccc2c1N. The minimum absolute atomic E-state index is 0.185. The minimum Gasteiger partial charge on any atom is -0.491 e. The standard InChI is InChI=1S/C15H20N2O2/c1-15(2,18-3)7-9-19-13-5-4-11-10-17-8-6-12(11)14(13)16/h4-6,8,10H,7,9,16H2,1-3H3. The average molecular weight is 260 g/mol. The van der Waals surface area contributed by atoms with E-state index in [0.717, 1.165) is 17.2 Å². The molecule has 0 amide bonds. The van der Waals surface area contributed by atoms with E-state index in [1.54, 1.807) is 19.5 Å². The zero-order valence-electron chi connectivity index (χ0n) is 11.6. The molecule has 0 aliphatic rings. The maximum absolute atomic E-state index is 6.12. The van der Waals surface area contributed by atoms with Crippen LogP contribution in [-0.2, 0) is 4.74 Å². The summed E-state index contributed by atoms with van der Waals surface area (Å²) in [5, 5.41) is 1.99. The molecule has 1 heterocycles. The molecule has 1 aromatic heterocycles. The number of hydrogen-bond acceptors (Lipinski definition) is 4. The number of nitrogens with two attached hydrogens (primary N) is 1. The normalized spacial score (nSPS) is 11.7. The van der Waals surface area contributed by atoms with Crippen LogP contribution < -0.4 is 10.5 Å². The molecule has 2 aromatic rings. The third kappa shape index (κ3) is 3.15. The van der Waals surface area contributed by atoms with E-state index in [2.05, 4.69) is 4.98 Å². The van der Waals surface area contributed by atoms with Crippen LogP contribution in [0.3, 0.4) is 0 Å². The average Bonchev–Trinajstić information content (AvgIpc) is 2.42. The first-order valence-electron chi connectivity index (χ1n) is 6.34. The molecule has 0 radical (unpaired) electrons. The second-order valence-electron chi connectivity index (χ2n) is 5.14. The molecule has 0 spiro atoms. The predicted octanol–water partition coefficient (Wildman–Crippen LogP) is 3.01. The van der Waals surface area contributed by atoms with Gasteiger partial charge >= 0.3 is 0 Å². The van der Waals surface area contributed by atoms with Crippen molar-refractivity contribution in [1.82, 2.24) is 4.98 Å². The molecule has 0 bridgehead atoms. The van der Waals surface area contributed by atoms with Crippen molar-refractivity contribution in [2.45, 2.75) is 25.9 Å². The Morgan fingerprint density at radius 3 is 2.79 bits per heavy atom. The number of ether oxygens (including phenoxy) is 2. The van der Waals surface area contributed by atoms with E-state index >= 15 is 0 Å². The van der Waals surface area contributed by atoms with Crippen molar-refractivity contribution >= 4 is 16.5 Å². The molecule has 2 rings (SSSR count). The van der Waals surface area contributed by atoms with E-state index in [9.17, 15) is 0 Å². The number of nitrogens with zero attached hydrogens (tertiary/aromatic N) is 1. The lowest BCUT2D eigenvalue weighted by Gasteiger charge is -2.23. The number of methoxy groups -OCH3 is 1. The van der Waals surface area contributed by atoms with Crippen LogP contribution in [0.2, 0.25) is 0 Å². The van der Waals surface area contributed by atoms with Crippen LogP contribution in [0.1, 0.15) is 20.3 Å². The predicted molar refractivity (Wildman–Crippen MR) is 77.4 cm³/mol. The molecule has 2 N–H and O–H groups in total. The molecule has 0 atom stereocenters. The lowest BCUT2D eigenvalue weighted by molar-refractivity contribution is 0.00552. The maximum atomic E-state index is 6.12. The number of pyridine rings is 1. The molecule has 0 fully saturated rings. The fourth-order valence-electron chi connectivity index (χ4n) is 1.81. The highest BCUT2D eigenvalue weighted by molar-refractivity contribution is 5.95. The molecule has 0 saturated heterocycles. The van der Waals surface area contributed by atoms with Crippen molar-refractivity contribution in [2.24, 2.45) is 0 Å². The molecule has 102 valence electrons. The Balaban J connectivity index is 2.11. The Bertz CT molecular complexity index is 567. The van der Waals surface area contributed by atoms with Crippen LogP contribution >= 0.6 is 0 Å². The highest BCUT2D eigenvalue weighted by Crippen LogP contribution is 2.30. The Labute approximate surface area is 113 Å². The summed E-state index contributed by atoms with van der Waals surface area (Å²) in [6.07, 6.45) is 4.33. The van der Waals surface area contributed by atoms with Crippen LogP contribution in [0.15, 0.2) is 30.6 Å². The molecular weight excluding hydrogens is 240 g/mol. The van der Waals surface area contributed by atoms with Crippen LogP contribution in [0.5, 0.6) is 5.75 Å². The molecule has 19 heavy (non-hydrogen) atoms. The lowest BCUT2D eigenvalue weighted by Crippen LogP contribution is -2.25. The summed E-state index contributed by atoms with van der Waals surface area (Å²) in [6, 6.07) is 5.76. The van der Waals surface area contributed by atoms with Gasteiger partial charge in [0.1, 0.15) is 5.75 Å². The quantitative estimate of drug-likeness (QED) is 0.840. The Hall–Kier alpha value is -1.81. The Kier molecular flexibility index (Phi) is 3.90. The van der Waals surface area contributed by atoms with Crippen molar-refractivity contribution in [3.63, 3.8) is 0 Å². The first kappa shape index (κ1) is 13.6. The Morgan fingerprint density at radius 1 is 1.26 bits per heavy atom. The van der Waals surface area contributed by atoms with Gasteiger partial charge in [-0.05, 0) is 32.0 Å². The highest BCUT2D eigenvalue weighted by atomic mass is 16.5. The van der Waals surface area contributed by atoms with Crippen LogP contribution in [0.25, 0.3) is 10.8 Å². The van der Waals surface area contributed by atoms with Crippen molar-refractivity contribution in [3.05, 3.63) is 30.6 Å². The minimum atomic E-state index is -0.185. The van der Waals surface area contributed by atoms with Crippen molar-refractivity contribution in [3.8, 4) is 5.75 Å². The smallest absolute Gasteiger partial charge is 0.142 e. The monoisotopic (exact) mass is 260 g/mol. The summed E-state index contributed by atoms with van der Waals surface area (Å²) in [5.74, 6) is 0.714. The largest absolute Gasteiger partial charge is 0.491 e. The first-order chi connectivity index (χ1) is 9.03. The number of rotatable bonds is 5. The highest BCUT2D eigenvalue weighted by Gasteiger charge is 2.16. The maximum Gasteiger partial charge on any atom is 0.142 e.